The molecule has 0 saturated heterocycles. The zero-order chi connectivity index (χ0) is 15.2. The fourth-order valence-corrected chi connectivity index (χ4v) is 1.57. The Hall–Kier alpha value is -2.35. The van der Waals surface area contributed by atoms with E-state index in [1.807, 2.05) is 36.4 Å². The van der Waals surface area contributed by atoms with Gasteiger partial charge in [-0.2, -0.15) is 5.26 Å². The molecule has 20 heavy (non-hydrogen) atoms. The molecule has 0 fully saturated rings. The molecule has 1 atom stereocenters. The van der Waals surface area contributed by atoms with Gasteiger partial charge in [-0.25, -0.2) is 4.79 Å². The molecule has 0 aliphatic rings. The molecule has 1 N–H and O–H groups in total. The summed E-state index contributed by atoms with van der Waals surface area (Å²) in [5, 5.41) is 11.5. The lowest BCUT2D eigenvalue weighted by Crippen LogP contribution is -2.47. The first-order valence-electron chi connectivity index (χ1n) is 6.24. The second-order valence-corrected chi connectivity index (χ2v) is 4.98. The molecular formula is C15H18N2O3. The van der Waals surface area contributed by atoms with Crippen LogP contribution in [0.2, 0.25) is 0 Å². The Balaban J connectivity index is 2.84. The fourth-order valence-electron chi connectivity index (χ4n) is 1.57. The fraction of sp³-hybridized carbons (Fsp3) is 0.400. The molecular weight excluding hydrogens is 256 g/mol. The summed E-state index contributed by atoms with van der Waals surface area (Å²) in [6, 6.07) is 10.4. The van der Waals surface area contributed by atoms with E-state index in [0.717, 1.165) is 5.56 Å². The third kappa shape index (κ3) is 4.09. The predicted octanol–water partition coefficient (Wildman–Crippen LogP) is 1.44. The van der Waals surface area contributed by atoms with Crippen molar-refractivity contribution in [2.24, 2.45) is 5.41 Å². The first kappa shape index (κ1) is 15.7. The van der Waals surface area contributed by atoms with Gasteiger partial charge in [0, 0.05) is 6.42 Å². The van der Waals surface area contributed by atoms with Crippen molar-refractivity contribution in [1.29, 1.82) is 5.26 Å². The van der Waals surface area contributed by atoms with Gasteiger partial charge in [-0.05, 0) is 19.4 Å². The van der Waals surface area contributed by atoms with Gasteiger partial charge in [0.25, 0.3) is 0 Å². The Morgan fingerprint density at radius 1 is 1.35 bits per heavy atom. The molecule has 0 spiro atoms. The van der Waals surface area contributed by atoms with Gasteiger partial charge in [-0.15, -0.1) is 0 Å². The number of rotatable bonds is 5. The lowest BCUT2D eigenvalue weighted by atomic mass is 9.93. The van der Waals surface area contributed by atoms with Crippen molar-refractivity contribution < 1.29 is 14.3 Å². The van der Waals surface area contributed by atoms with E-state index in [1.165, 1.54) is 21.0 Å². The maximum absolute atomic E-state index is 12.0. The van der Waals surface area contributed by atoms with Crippen LogP contribution in [0.15, 0.2) is 30.3 Å². The lowest BCUT2D eigenvalue weighted by Gasteiger charge is -2.21. The van der Waals surface area contributed by atoms with Crippen LogP contribution in [0.3, 0.4) is 0 Å². The van der Waals surface area contributed by atoms with E-state index in [0.29, 0.717) is 6.42 Å². The van der Waals surface area contributed by atoms with Crippen LogP contribution in [0.25, 0.3) is 0 Å². The molecule has 1 aromatic rings. The van der Waals surface area contributed by atoms with Gasteiger partial charge in [-0.1, -0.05) is 30.3 Å². The highest BCUT2D eigenvalue weighted by atomic mass is 16.5. The van der Waals surface area contributed by atoms with Crippen LogP contribution in [0.1, 0.15) is 19.4 Å². The van der Waals surface area contributed by atoms with E-state index in [4.69, 9.17) is 10.00 Å². The monoisotopic (exact) mass is 274 g/mol. The third-order valence-electron chi connectivity index (χ3n) is 2.92. The summed E-state index contributed by atoms with van der Waals surface area (Å²) in [7, 11) is 1.27. The smallest absolute Gasteiger partial charge is 0.328 e. The number of nitrogens with zero attached hydrogens (tertiary/aromatic N) is 1. The number of amides is 1. The van der Waals surface area contributed by atoms with Gasteiger partial charge >= 0.3 is 5.97 Å². The highest BCUT2D eigenvalue weighted by molar-refractivity contribution is 5.89. The molecule has 0 radical (unpaired) electrons. The zero-order valence-electron chi connectivity index (χ0n) is 11.8. The van der Waals surface area contributed by atoms with E-state index in [1.54, 1.807) is 0 Å². The second-order valence-electron chi connectivity index (χ2n) is 4.98. The van der Waals surface area contributed by atoms with E-state index in [-0.39, 0.29) is 0 Å². The Morgan fingerprint density at radius 3 is 2.45 bits per heavy atom. The van der Waals surface area contributed by atoms with Crippen LogP contribution in [0.4, 0.5) is 0 Å². The van der Waals surface area contributed by atoms with E-state index in [2.05, 4.69) is 5.32 Å². The van der Waals surface area contributed by atoms with E-state index in [9.17, 15) is 9.59 Å². The molecule has 0 heterocycles. The molecule has 5 heteroatoms. The number of nitrogens with one attached hydrogen (secondary N) is 1. The summed E-state index contributed by atoms with van der Waals surface area (Å²) in [5.74, 6) is -1.03. The van der Waals surface area contributed by atoms with Crippen molar-refractivity contribution in [2.75, 3.05) is 7.11 Å². The highest BCUT2D eigenvalue weighted by Crippen LogP contribution is 2.14. The minimum absolute atomic E-state index is 0.320. The number of methoxy groups -OCH3 is 1. The Morgan fingerprint density at radius 2 is 1.95 bits per heavy atom. The molecule has 0 aromatic heterocycles. The Kier molecular flexibility index (Phi) is 5.27. The number of nitriles is 1. The van der Waals surface area contributed by atoms with Gasteiger partial charge in [0.15, 0.2) is 0 Å². The third-order valence-corrected chi connectivity index (χ3v) is 2.92. The minimum atomic E-state index is -1.19. The standard InChI is InChI=1S/C15H18N2O3/c1-15(2,10-16)14(19)17-12(13(18)20-3)9-11-7-5-4-6-8-11/h4-8,12H,9H2,1-3H3,(H,17,19)/t12-/m1/s1. The number of carbonyl (C=O) groups excluding carboxylic acids is 2. The van der Waals surface area contributed by atoms with Crippen molar-refractivity contribution >= 4 is 11.9 Å². The van der Waals surface area contributed by atoms with Gasteiger partial charge in [0.1, 0.15) is 11.5 Å². The Bertz CT molecular complexity index is 518. The number of hydrogen-bond donors (Lipinski definition) is 1. The summed E-state index contributed by atoms with van der Waals surface area (Å²) in [6.07, 6.45) is 0.320. The van der Waals surface area contributed by atoms with Gasteiger partial charge in [0.05, 0.1) is 13.2 Å². The number of ether oxygens (including phenoxy) is 1. The molecule has 0 saturated carbocycles. The molecule has 0 unspecified atom stereocenters. The summed E-state index contributed by atoms with van der Waals surface area (Å²) < 4.78 is 4.70. The van der Waals surface area contributed by atoms with Gasteiger partial charge in [0.2, 0.25) is 5.91 Å². The molecule has 106 valence electrons. The van der Waals surface area contributed by atoms with Crippen LogP contribution >= 0.6 is 0 Å². The number of esters is 1. The van der Waals surface area contributed by atoms with Crippen molar-refractivity contribution in [1.82, 2.24) is 5.32 Å². The molecule has 5 nitrogen and oxygen atoms in total. The first-order chi connectivity index (χ1) is 9.40. The SMILES string of the molecule is COC(=O)[C@@H](Cc1ccccc1)NC(=O)C(C)(C)C#N. The molecule has 0 bridgehead atoms. The molecule has 0 aliphatic heterocycles. The average molecular weight is 274 g/mol. The molecule has 1 rings (SSSR count). The van der Waals surface area contributed by atoms with Crippen molar-refractivity contribution in [3.8, 4) is 6.07 Å². The van der Waals surface area contributed by atoms with Gasteiger partial charge in [-0.3, -0.25) is 4.79 Å². The maximum atomic E-state index is 12.0. The molecule has 1 aromatic carbocycles. The largest absolute Gasteiger partial charge is 0.467 e. The predicted molar refractivity (Wildman–Crippen MR) is 73.5 cm³/mol. The quantitative estimate of drug-likeness (QED) is 0.824. The van der Waals surface area contributed by atoms with Crippen molar-refractivity contribution in [2.45, 2.75) is 26.3 Å². The van der Waals surface area contributed by atoms with Crippen molar-refractivity contribution in [3.05, 3.63) is 35.9 Å². The number of hydrogen-bond acceptors (Lipinski definition) is 4. The summed E-state index contributed by atoms with van der Waals surface area (Å²) in [5.41, 5.74) is -0.291. The zero-order valence-corrected chi connectivity index (χ0v) is 11.8. The van der Waals surface area contributed by atoms with Crippen LogP contribution in [-0.2, 0) is 20.7 Å². The Labute approximate surface area is 118 Å². The van der Waals surface area contributed by atoms with Crippen LogP contribution in [0.5, 0.6) is 0 Å². The second kappa shape index (κ2) is 6.71. The maximum Gasteiger partial charge on any atom is 0.328 e. The minimum Gasteiger partial charge on any atom is -0.467 e. The molecule has 0 aliphatic carbocycles. The van der Waals surface area contributed by atoms with Gasteiger partial charge < -0.3 is 10.1 Å². The number of carbonyl (C=O) groups is 2. The molecule has 1 amide bonds. The van der Waals surface area contributed by atoms with E-state index < -0.39 is 23.3 Å². The summed E-state index contributed by atoms with van der Waals surface area (Å²) in [4.78, 5) is 23.7. The van der Waals surface area contributed by atoms with E-state index >= 15 is 0 Å². The normalized spacial score (nSPS) is 12.1. The number of benzene rings is 1. The summed E-state index contributed by atoms with van der Waals surface area (Å²) >= 11 is 0. The lowest BCUT2D eigenvalue weighted by molar-refractivity contribution is -0.145. The highest BCUT2D eigenvalue weighted by Gasteiger charge is 2.31. The van der Waals surface area contributed by atoms with Crippen LogP contribution in [0, 0.1) is 16.7 Å². The summed E-state index contributed by atoms with van der Waals surface area (Å²) in [6.45, 7) is 3.00. The van der Waals surface area contributed by atoms with Crippen LogP contribution in [-0.4, -0.2) is 25.0 Å². The van der Waals surface area contributed by atoms with Crippen LogP contribution < -0.4 is 5.32 Å². The topological polar surface area (TPSA) is 79.2 Å². The van der Waals surface area contributed by atoms with Crippen molar-refractivity contribution in [3.63, 3.8) is 0 Å². The average Bonchev–Trinajstić information content (AvgIpc) is 2.46. The first-order valence-corrected chi connectivity index (χ1v) is 6.24.